The highest BCUT2D eigenvalue weighted by Crippen LogP contribution is 2.32. The molecule has 0 bridgehead atoms. The number of thiocarbonyl (C=S) groups is 1. The Labute approximate surface area is 127 Å². The molecule has 0 radical (unpaired) electrons. The van der Waals surface area contributed by atoms with Crippen molar-refractivity contribution in [3.8, 4) is 11.3 Å². The molecule has 100 valence electrons. The van der Waals surface area contributed by atoms with Crippen molar-refractivity contribution in [2.24, 2.45) is 5.73 Å². The monoisotopic (exact) mass is 300 g/mol. The Bertz CT molecular complexity index is 803. The van der Waals surface area contributed by atoms with Gasteiger partial charge in [-0.1, -0.05) is 53.6 Å². The van der Waals surface area contributed by atoms with Crippen LogP contribution in [0.25, 0.3) is 22.2 Å². The molecule has 20 heavy (non-hydrogen) atoms. The molecule has 0 atom stereocenters. The molecule has 0 aliphatic carbocycles. The van der Waals surface area contributed by atoms with Gasteiger partial charge in [0.2, 0.25) is 0 Å². The number of aromatic amines is 1. The van der Waals surface area contributed by atoms with E-state index in [0.717, 1.165) is 27.7 Å². The molecule has 4 heteroatoms. The second-order valence-electron chi connectivity index (χ2n) is 4.80. The number of benzene rings is 2. The van der Waals surface area contributed by atoms with Crippen molar-refractivity contribution in [1.29, 1.82) is 0 Å². The predicted octanol–water partition coefficient (Wildman–Crippen LogP) is 4.43. The molecule has 2 nitrogen and oxygen atoms in total. The molecule has 0 aliphatic heterocycles. The van der Waals surface area contributed by atoms with E-state index in [1.165, 1.54) is 5.56 Å². The first-order chi connectivity index (χ1) is 9.56. The van der Waals surface area contributed by atoms with Crippen LogP contribution in [0.5, 0.6) is 0 Å². The van der Waals surface area contributed by atoms with Crippen LogP contribution < -0.4 is 5.73 Å². The van der Waals surface area contributed by atoms with E-state index in [-0.39, 0.29) is 0 Å². The Morgan fingerprint density at radius 3 is 2.50 bits per heavy atom. The molecular formula is C16H13ClN2S. The molecule has 3 N–H and O–H groups in total. The van der Waals surface area contributed by atoms with Gasteiger partial charge in [0.25, 0.3) is 0 Å². The average molecular weight is 301 g/mol. The molecule has 3 aromatic rings. The molecule has 0 saturated heterocycles. The minimum Gasteiger partial charge on any atom is -0.389 e. The smallest absolute Gasteiger partial charge is 0.106 e. The molecule has 0 spiro atoms. The molecule has 1 aromatic heterocycles. The zero-order valence-electron chi connectivity index (χ0n) is 10.9. The van der Waals surface area contributed by atoms with Gasteiger partial charge in [0.15, 0.2) is 0 Å². The van der Waals surface area contributed by atoms with Gasteiger partial charge in [0.1, 0.15) is 4.99 Å². The van der Waals surface area contributed by atoms with Gasteiger partial charge in [-0.2, -0.15) is 0 Å². The van der Waals surface area contributed by atoms with Gasteiger partial charge in [-0.05, 0) is 30.7 Å². The number of halogens is 1. The first-order valence-corrected chi connectivity index (χ1v) is 7.03. The van der Waals surface area contributed by atoms with Gasteiger partial charge >= 0.3 is 0 Å². The van der Waals surface area contributed by atoms with E-state index in [9.17, 15) is 0 Å². The van der Waals surface area contributed by atoms with Crippen molar-refractivity contribution in [2.45, 2.75) is 6.92 Å². The summed E-state index contributed by atoms with van der Waals surface area (Å²) in [7, 11) is 0. The number of aryl methyl sites for hydroxylation is 1. The largest absolute Gasteiger partial charge is 0.389 e. The Kier molecular flexibility index (Phi) is 3.24. The van der Waals surface area contributed by atoms with E-state index in [1.54, 1.807) is 0 Å². The van der Waals surface area contributed by atoms with Crippen LogP contribution >= 0.6 is 23.8 Å². The van der Waals surface area contributed by atoms with E-state index >= 15 is 0 Å². The van der Waals surface area contributed by atoms with E-state index in [4.69, 9.17) is 29.6 Å². The summed E-state index contributed by atoms with van der Waals surface area (Å²) in [5, 5.41) is 1.63. The molecule has 0 amide bonds. The highest BCUT2D eigenvalue weighted by molar-refractivity contribution is 7.80. The van der Waals surface area contributed by atoms with Crippen LogP contribution in [-0.4, -0.2) is 9.97 Å². The van der Waals surface area contributed by atoms with E-state index < -0.39 is 0 Å². The summed E-state index contributed by atoms with van der Waals surface area (Å²) >= 11 is 11.3. The zero-order valence-corrected chi connectivity index (χ0v) is 12.5. The van der Waals surface area contributed by atoms with Crippen LogP contribution in [0.4, 0.5) is 0 Å². The number of fused-ring (bicyclic) bond motifs is 1. The fourth-order valence-corrected chi connectivity index (χ4v) is 2.74. The summed E-state index contributed by atoms with van der Waals surface area (Å²) in [6.45, 7) is 2.06. The van der Waals surface area contributed by atoms with Crippen LogP contribution in [-0.2, 0) is 0 Å². The number of nitrogens with two attached hydrogens (primary N) is 1. The second-order valence-corrected chi connectivity index (χ2v) is 5.67. The van der Waals surface area contributed by atoms with Crippen LogP contribution in [0.2, 0.25) is 5.02 Å². The van der Waals surface area contributed by atoms with E-state index in [0.29, 0.717) is 10.0 Å². The average Bonchev–Trinajstić information content (AvgIpc) is 2.78. The van der Waals surface area contributed by atoms with Gasteiger partial charge in [-0.25, -0.2) is 0 Å². The highest BCUT2D eigenvalue weighted by atomic mass is 35.5. The summed E-state index contributed by atoms with van der Waals surface area (Å²) in [6, 6.07) is 13.9. The fourth-order valence-electron chi connectivity index (χ4n) is 2.36. The Hall–Kier alpha value is -1.84. The quantitative estimate of drug-likeness (QED) is 0.687. The maximum absolute atomic E-state index is 6.07. The van der Waals surface area contributed by atoms with Crippen molar-refractivity contribution in [3.63, 3.8) is 0 Å². The summed E-state index contributed by atoms with van der Waals surface area (Å²) in [4.78, 5) is 3.75. The van der Waals surface area contributed by atoms with Crippen molar-refractivity contribution in [3.05, 3.63) is 58.6 Å². The zero-order chi connectivity index (χ0) is 14.3. The van der Waals surface area contributed by atoms with Gasteiger partial charge in [-0.3, -0.25) is 0 Å². The lowest BCUT2D eigenvalue weighted by atomic mass is 10.0. The number of H-pyrrole nitrogens is 1. The number of rotatable bonds is 2. The van der Waals surface area contributed by atoms with Gasteiger partial charge < -0.3 is 10.7 Å². The SMILES string of the molecule is Cc1ccc(-c2[nH]c3ccc(Cl)cc3c2C(N)=S)cc1. The van der Waals surface area contributed by atoms with Crippen molar-refractivity contribution >= 4 is 39.7 Å². The normalized spacial score (nSPS) is 10.9. The van der Waals surface area contributed by atoms with Crippen LogP contribution in [0, 0.1) is 6.92 Å². The molecule has 0 fully saturated rings. The maximum atomic E-state index is 6.07. The molecule has 2 aromatic carbocycles. The summed E-state index contributed by atoms with van der Waals surface area (Å²) in [5.41, 5.74) is 11.0. The lowest BCUT2D eigenvalue weighted by Gasteiger charge is -2.04. The predicted molar refractivity (Wildman–Crippen MR) is 89.4 cm³/mol. The summed E-state index contributed by atoms with van der Waals surface area (Å²) < 4.78 is 0. The van der Waals surface area contributed by atoms with Crippen molar-refractivity contribution in [2.75, 3.05) is 0 Å². The third-order valence-electron chi connectivity index (χ3n) is 3.35. The number of hydrogen-bond donors (Lipinski definition) is 2. The summed E-state index contributed by atoms with van der Waals surface area (Å²) in [5.74, 6) is 0. The second kappa shape index (κ2) is 4.93. The lowest BCUT2D eigenvalue weighted by Crippen LogP contribution is -2.10. The minimum absolute atomic E-state index is 0.370. The van der Waals surface area contributed by atoms with Gasteiger partial charge in [0.05, 0.1) is 5.69 Å². The van der Waals surface area contributed by atoms with Crippen molar-refractivity contribution in [1.82, 2.24) is 4.98 Å². The van der Waals surface area contributed by atoms with Crippen LogP contribution in [0.1, 0.15) is 11.1 Å². The van der Waals surface area contributed by atoms with Crippen molar-refractivity contribution < 1.29 is 0 Å². The van der Waals surface area contributed by atoms with E-state index in [2.05, 4.69) is 36.2 Å². The van der Waals surface area contributed by atoms with Gasteiger partial charge in [-0.15, -0.1) is 0 Å². The molecule has 0 unspecified atom stereocenters. The third-order valence-corrected chi connectivity index (χ3v) is 3.79. The first-order valence-electron chi connectivity index (χ1n) is 6.24. The topological polar surface area (TPSA) is 41.8 Å². The number of aromatic nitrogens is 1. The molecule has 1 heterocycles. The summed E-state index contributed by atoms with van der Waals surface area (Å²) in [6.07, 6.45) is 0. The van der Waals surface area contributed by atoms with E-state index in [1.807, 2.05) is 18.2 Å². The highest BCUT2D eigenvalue weighted by Gasteiger charge is 2.15. The Balaban J connectivity index is 2.32. The van der Waals surface area contributed by atoms with Crippen LogP contribution in [0.3, 0.4) is 0 Å². The number of nitrogens with one attached hydrogen (secondary N) is 1. The molecule has 3 rings (SSSR count). The molecule has 0 saturated carbocycles. The first kappa shape index (κ1) is 13.2. The maximum Gasteiger partial charge on any atom is 0.106 e. The minimum atomic E-state index is 0.370. The third kappa shape index (κ3) is 2.19. The Morgan fingerprint density at radius 2 is 1.85 bits per heavy atom. The molecular weight excluding hydrogens is 288 g/mol. The van der Waals surface area contributed by atoms with Crippen LogP contribution in [0.15, 0.2) is 42.5 Å². The number of hydrogen-bond acceptors (Lipinski definition) is 1. The molecule has 0 aliphatic rings. The lowest BCUT2D eigenvalue weighted by molar-refractivity contribution is 1.42. The standard InChI is InChI=1S/C16H13ClN2S/c1-9-2-4-10(5-3-9)15-14(16(18)20)12-8-11(17)6-7-13(12)19-15/h2-8,19H,1H3,(H2,18,20). The van der Waals surface area contributed by atoms with Gasteiger partial charge in [0, 0.05) is 21.5 Å². The fraction of sp³-hybridized carbons (Fsp3) is 0.0625. The Morgan fingerprint density at radius 1 is 1.15 bits per heavy atom.